The van der Waals surface area contributed by atoms with E-state index in [4.69, 9.17) is 14.3 Å². The van der Waals surface area contributed by atoms with Crippen molar-refractivity contribution in [3.63, 3.8) is 0 Å². The number of aryl methyl sites for hydroxylation is 1. The zero-order valence-electron chi connectivity index (χ0n) is 23.7. The quantitative estimate of drug-likeness (QED) is 0.264. The lowest BCUT2D eigenvalue weighted by Crippen LogP contribution is -2.45. The fourth-order valence-electron chi connectivity index (χ4n) is 7.03. The Morgan fingerprint density at radius 1 is 1.15 bits per heavy atom. The van der Waals surface area contributed by atoms with E-state index in [-0.39, 0.29) is 26.3 Å². The fraction of sp³-hybridized carbons (Fsp3) is 0.621. The predicted molar refractivity (Wildman–Crippen MR) is 161 cm³/mol. The molecule has 2 fully saturated rings. The van der Waals surface area contributed by atoms with Gasteiger partial charge < -0.3 is 9.16 Å². The van der Waals surface area contributed by atoms with Crippen molar-refractivity contribution in [2.45, 2.75) is 101 Å². The van der Waals surface area contributed by atoms with Gasteiger partial charge in [-0.25, -0.2) is 18.4 Å². The summed E-state index contributed by atoms with van der Waals surface area (Å²) in [5, 5.41) is 5.42. The van der Waals surface area contributed by atoms with Crippen molar-refractivity contribution in [1.29, 1.82) is 0 Å². The van der Waals surface area contributed by atoms with Crippen LogP contribution >= 0.6 is 27.3 Å². The number of ether oxygens (including phenoxy) is 1. The van der Waals surface area contributed by atoms with E-state index < -0.39 is 24.3 Å². The van der Waals surface area contributed by atoms with Crippen LogP contribution in [-0.2, 0) is 21.2 Å². The highest BCUT2D eigenvalue weighted by Crippen LogP contribution is 2.61. The van der Waals surface area contributed by atoms with E-state index in [0.717, 1.165) is 55.6 Å². The van der Waals surface area contributed by atoms with Gasteiger partial charge in [-0.1, -0.05) is 33.8 Å². The Hall–Kier alpha value is -1.20. The Kier molecular flexibility index (Phi) is 7.48. The highest BCUT2D eigenvalue weighted by Gasteiger charge is 2.56. The Bertz CT molecular complexity index is 1400. The van der Waals surface area contributed by atoms with Gasteiger partial charge >= 0.3 is 5.97 Å². The van der Waals surface area contributed by atoms with Crippen LogP contribution in [-0.4, -0.2) is 28.8 Å². The molecule has 6 nitrogen and oxygen atoms in total. The summed E-state index contributed by atoms with van der Waals surface area (Å²) >= 11 is 4.26. The van der Waals surface area contributed by atoms with Gasteiger partial charge in [-0.2, -0.15) is 0 Å². The highest BCUT2D eigenvalue weighted by molar-refractivity contribution is 9.11. The summed E-state index contributed by atoms with van der Waals surface area (Å²) in [6.45, 7) is 13.7. The molecular formula is C29H40BrNO5S2Si. The molecule has 0 bridgehead atoms. The highest BCUT2D eigenvalue weighted by atomic mass is 79.9. The van der Waals surface area contributed by atoms with Crippen molar-refractivity contribution >= 4 is 51.6 Å². The minimum Gasteiger partial charge on any atom is -0.543 e. The molecule has 0 radical (unpaired) electrons. The lowest BCUT2D eigenvalue weighted by molar-refractivity contribution is -0.0428. The second-order valence-corrected chi connectivity index (χ2v) is 22.3. The summed E-state index contributed by atoms with van der Waals surface area (Å²) in [5.41, 5.74) is 3.07. The molecule has 2 N–H and O–H groups in total. The maximum Gasteiger partial charge on any atom is 0.340 e. The van der Waals surface area contributed by atoms with Gasteiger partial charge in [0.25, 0.3) is 0 Å². The molecule has 39 heavy (non-hydrogen) atoms. The van der Waals surface area contributed by atoms with E-state index in [1.165, 1.54) is 17.2 Å². The van der Waals surface area contributed by atoms with E-state index in [0.29, 0.717) is 21.5 Å². The summed E-state index contributed by atoms with van der Waals surface area (Å²) < 4.78 is 36.6. The van der Waals surface area contributed by atoms with Crippen molar-refractivity contribution in [1.82, 2.24) is 0 Å². The number of fused-ring (bicyclic) bond motifs is 5. The molecule has 1 aromatic heterocycles. The number of thiophene rings is 1. The van der Waals surface area contributed by atoms with Gasteiger partial charge in [-0.3, -0.25) is 0 Å². The van der Waals surface area contributed by atoms with Crippen LogP contribution in [0.3, 0.4) is 0 Å². The van der Waals surface area contributed by atoms with Crippen LogP contribution in [0.1, 0.15) is 87.2 Å². The summed E-state index contributed by atoms with van der Waals surface area (Å²) in [5.74, 6) is 2.14. The Balaban J connectivity index is 1.32. The minimum atomic E-state index is -3.88. The fourth-order valence-corrected chi connectivity index (χ4v) is 10.8. The number of nitrogens with two attached hydrogens (primary N) is 1. The van der Waals surface area contributed by atoms with E-state index in [2.05, 4.69) is 74.9 Å². The molecular weight excluding hydrogens is 614 g/mol. The standard InChI is InChI=1S/C29H40BrNO5S2Si/c1-28(2,3)39(5,6)36-18-8-10-19-17(15-18)7-9-21-20(19)13-14-29(4)23(21)11-12-24(29)35-27(32)22-16-25(37-26(22)30)38(31,33)34/h8,10,15-16,20-21,23-24H,7,9,11-14H2,1-6H3,(H2,31,33,34)/t20?,21?,23?,24-,29-/m0/s1. The normalized spacial score (nSPS) is 28.8. The monoisotopic (exact) mass is 653 g/mol. The molecule has 10 heteroatoms. The van der Waals surface area contributed by atoms with Gasteiger partial charge in [0.05, 0.1) is 9.35 Å². The number of carbonyl (C=O) groups is 1. The molecule has 1 aromatic carbocycles. The van der Waals surface area contributed by atoms with Crippen LogP contribution in [0.4, 0.5) is 0 Å². The summed E-state index contributed by atoms with van der Waals surface area (Å²) in [4.78, 5) is 13.1. The van der Waals surface area contributed by atoms with Crippen molar-refractivity contribution in [3.8, 4) is 5.75 Å². The number of hydrogen-bond donors (Lipinski definition) is 1. The SMILES string of the molecule is CC(C)(C)[Si](C)(C)Oc1ccc2c(c1)CCC1C2CC[C@@]2(C)C1CC[C@@H]2OC(=O)c1cc(S(N)(=O)=O)sc1Br. The van der Waals surface area contributed by atoms with Crippen LogP contribution in [0.25, 0.3) is 0 Å². The number of rotatable bonds is 5. The molecule has 2 aromatic rings. The van der Waals surface area contributed by atoms with Gasteiger partial charge in [0.1, 0.15) is 16.1 Å². The molecule has 1 heterocycles. The summed E-state index contributed by atoms with van der Waals surface area (Å²) in [7, 11) is -5.77. The van der Waals surface area contributed by atoms with Crippen LogP contribution in [0.15, 0.2) is 32.3 Å². The predicted octanol–water partition coefficient (Wildman–Crippen LogP) is 7.62. The Morgan fingerprint density at radius 3 is 2.51 bits per heavy atom. The van der Waals surface area contributed by atoms with Gasteiger partial charge in [0.2, 0.25) is 18.3 Å². The number of primary sulfonamides is 1. The first-order chi connectivity index (χ1) is 18.0. The van der Waals surface area contributed by atoms with Crippen molar-refractivity contribution < 1.29 is 22.4 Å². The maximum atomic E-state index is 13.1. The molecule has 0 amide bonds. The third-order valence-corrected chi connectivity index (χ3v) is 17.8. The molecule has 3 unspecified atom stereocenters. The molecule has 3 aliphatic rings. The molecule has 0 saturated heterocycles. The lowest BCUT2D eigenvalue weighted by Gasteiger charge is -2.50. The van der Waals surface area contributed by atoms with E-state index in [1.807, 2.05) is 0 Å². The topological polar surface area (TPSA) is 95.7 Å². The second kappa shape index (κ2) is 9.96. The maximum absolute atomic E-state index is 13.1. The number of carbonyl (C=O) groups excluding carboxylic acids is 1. The van der Waals surface area contributed by atoms with E-state index in [1.54, 1.807) is 0 Å². The number of sulfonamides is 1. The zero-order chi connectivity index (χ0) is 28.5. The minimum absolute atomic E-state index is 0.0453. The lowest BCUT2D eigenvalue weighted by atomic mass is 9.55. The number of esters is 1. The van der Waals surface area contributed by atoms with Crippen molar-refractivity contribution in [2.24, 2.45) is 22.4 Å². The summed E-state index contributed by atoms with van der Waals surface area (Å²) in [6.07, 6.45) is 6.00. The van der Waals surface area contributed by atoms with Crippen LogP contribution < -0.4 is 9.56 Å². The zero-order valence-corrected chi connectivity index (χ0v) is 27.9. The van der Waals surface area contributed by atoms with Gasteiger partial charge in [-0.15, -0.1) is 11.3 Å². The number of benzene rings is 1. The van der Waals surface area contributed by atoms with Gasteiger partial charge in [-0.05, 0) is 120 Å². The van der Waals surface area contributed by atoms with E-state index >= 15 is 0 Å². The molecule has 3 aliphatic carbocycles. The number of halogens is 1. The molecule has 0 aliphatic heterocycles. The Morgan fingerprint density at radius 2 is 1.87 bits per heavy atom. The Labute approximate surface area is 246 Å². The molecule has 214 valence electrons. The molecule has 5 rings (SSSR count). The first-order valence-electron chi connectivity index (χ1n) is 13.9. The van der Waals surface area contributed by atoms with Crippen LogP contribution in [0.2, 0.25) is 18.1 Å². The average molecular weight is 655 g/mol. The van der Waals surface area contributed by atoms with E-state index in [9.17, 15) is 13.2 Å². The van der Waals surface area contributed by atoms with Crippen molar-refractivity contribution in [3.05, 3.63) is 44.7 Å². The first kappa shape index (κ1) is 29.3. The number of hydrogen-bond acceptors (Lipinski definition) is 6. The third-order valence-electron chi connectivity index (χ3n) is 10.2. The largest absolute Gasteiger partial charge is 0.543 e. The first-order valence-corrected chi connectivity index (χ1v) is 19.9. The second-order valence-electron chi connectivity index (χ2n) is 13.5. The smallest absolute Gasteiger partial charge is 0.340 e. The summed E-state index contributed by atoms with van der Waals surface area (Å²) in [6, 6.07) is 8.12. The van der Waals surface area contributed by atoms with Crippen LogP contribution in [0, 0.1) is 17.3 Å². The molecule has 5 atom stereocenters. The van der Waals surface area contributed by atoms with Gasteiger partial charge in [0, 0.05) is 5.41 Å². The molecule has 0 spiro atoms. The van der Waals surface area contributed by atoms with Crippen LogP contribution in [0.5, 0.6) is 5.75 Å². The third kappa shape index (κ3) is 5.29. The van der Waals surface area contributed by atoms with Crippen molar-refractivity contribution in [2.75, 3.05) is 0 Å². The molecule has 2 saturated carbocycles. The van der Waals surface area contributed by atoms with Gasteiger partial charge in [0.15, 0.2) is 0 Å². The average Bonchev–Trinajstić information content (AvgIpc) is 3.38.